The quantitative estimate of drug-likeness (QED) is 0.519. The zero-order valence-electron chi connectivity index (χ0n) is 14.4. The van der Waals surface area contributed by atoms with Crippen molar-refractivity contribution in [2.45, 2.75) is 39.8 Å². The van der Waals surface area contributed by atoms with Gasteiger partial charge in [0.05, 0.1) is 26.9 Å². The van der Waals surface area contributed by atoms with Crippen molar-refractivity contribution in [2.24, 2.45) is 0 Å². The number of aromatic nitrogens is 2. The van der Waals surface area contributed by atoms with Gasteiger partial charge in [-0.15, -0.1) is 27.8 Å². The maximum absolute atomic E-state index is 12.9. The summed E-state index contributed by atoms with van der Waals surface area (Å²) >= 11 is 6.71. The number of halogens is 1. The molecule has 132 valence electrons. The molecule has 25 heavy (non-hydrogen) atoms. The zero-order chi connectivity index (χ0) is 18.2. The highest BCUT2D eigenvalue weighted by atomic mass is 79.9. The van der Waals surface area contributed by atoms with Gasteiger partial charge in [0.1, 0.15) is 11.1 Å². The SMILES string of the molecule is Cc1c(Br)sc2c(N(Cc3cccs3)C(=O)OC(C)(C)C)cnnc12. The molecule has 0 fully saturated rings. The van der Waals surface area contributed by atoms with E-state index in [1.807, 2.05) is 45.2 Å². The number of ether oxygens (including phenoxy) is 1. The van der Waals surface area contributed by atoms with E-state index < -0.39 is 11.7 Å². The Kier molecular flexibility index (Phi) is 5.13. The maximum atomic E-state index is 12.9. The minimum Gasteiger partial charge on any atom is -0.443 e. The van der Waals surface area contributed by atoms with Crippen LogP contribution in [0.5, 0.6) is 0 Å². The third kappa shape index (κ3) is 4.02. The van der Waals surface area contributed by atoms with Gasteiger partial charge in [-0.3, -0.25) is 4.90 Å². The van der Waals surface area contributed by atoms with E-state index in [1.165, 1.54) is 0 Å². The summed E-state index contributed by atoms with van der Waals surface area (Å²) in [5.74, 6) is 0. The van der Waals surface area contributed by atoms with E-state index in [-0.39, 0.29) is 0 Å². The van der Waals surface area contributed by atoms with Gasteiger partial charge in [0.25, 0.3) is 0 Å². The van der Waals surface area contributed by atoms with Crippen molar-refractivity contribution in [1.29, 1.82) is 0 Å². The maximum Gasteiger partial charge on any atom is 0.415 e. The predicted molar refractivity (Wildman–Crippen MR) is 107 cm³/mol. The minimum absolute atomic E-state index is 0.391. The summed E-state index contributed by atoms with van der Waals surface area (Å²) in [6.45, 7) is 8.00. The Labute approximate surface area is 162 Å². The average molecular weight is 440 g/mol. The summed E-state index contributed by atoms with van der Waals surface area (Å²) < 4.78 is 7.53. The second kappa shape index (κ2) is 7.01. The van der Waals surface area contributed by atoms with Gasteiger partial charge in [-0.05, 0) is 55.1 Å². The molecule has 0 aromatic carbocycles. The summed E-state index contributed by atoms with van der Waals surface area (Å²) in [6, 6.07) is 3.98. The molecule has 3 heterocycles. The van der Waals surface area contributed by atoms with Gasteiger partial charge < -0.3 is 4.74 Å². The van der Waals surface area contributed by atoms with E-state index in [4.69, 9.17) is 4.74 Å². The Balaban J connectivity index is 2.08. The van der Waals surface area contributed by atoms with Gasteiger partial charge in [-0.1, -0.05) is 6.07 Å². The fourth-order valence-corrected chi connectivity index (χ4v) is 4.64. The molecule has 0 saturated carbocycles. The Bertz CT molecular complexity index is 901. The van der Waals surface area contributed by atoms with Crippen molar-refractivity contribution in [3.8, 4) is 0 Å². The van der Waals surface area contributed by atoms with Crippen LogP contribution in [0.3, 0.4) is 0 Å². The normalized spacial score (nSPS) is 11.7. The fraction of sp³-hybridized carbons (Fsp3) is 0.353. The van der Waals surface area contributed by atoms with Crippen LogP contribution < -0.4 is 4.90 Å². The van der Waals surface area contributed by atoms with Crippen molar-refractivity contribution in [3.05, 3.63) is 37.9 Å². The molecular formula is C17H18BrN3O2S2. The molecule has 0 bridgehead atoms. The summed E-state index contributed by atoms with van der Waals surface area (Å²) in [6.07, 6.45) is 1.24. The van der Waals surface area contributed by atoms with Gasteiger partial charge in [0.2, 0.25) is 0 Å². The minimum atomic E-state index is -0.573. The molecule has 3 aromatic rings. The van der Waals surface area contributed by atoms with Gasteiger partial charge in [0, 0.05) is 10.4 Å². The molecule has 3 rings (SSSR count). The highest BCUT2D eigenvalue weighted by Crippen LogP contribution is 2.39. The molecule has 0 aliphatic rings. The van der Waals surface area contributed by atoms with Crippen LogP contribution in [0.15, 0.2) is 27.5 Å². The first-order chi connectivity index (χ1) is 11.8. The first-order valence-electron chi connectivity index (χ1n) is 7.69. The Morgan fingerprint density at radius 3 is 2.80 bits per heavy atom. The van der Waals surface area contributed by atoms with Crippen LogP contribution in [0.4, 0.5) is 10.5 Å². The second-order valence-corrected chi connectivity index (χ2v) is 9.92. The topological polar surface area (TPSA) is 55.3 Å². The fourth-order valence-electron chi connectivity index (χ4n) is 2.29. The third-order valence-electron chi connectivity index (χ3n) is 3.43. The molecule has 0 unspecified atom stereocenters. The van der Waals surface area contributed by atoms with Crippen LogP contribution in [-0.4, -0.2) is 21.9 Å². The number of amides is 1. The lowest BCUT2D eigenvalue weighted by atomic mass is 10.2. The number of thiophene rings is 2. The Hall–Kier alpha value is -1.51. The van der Waals surface area contributed by atoms with Crippen molar-refractivity contribution >= 4 is 60.6 Å². The van der Waals surface area contributed by atoms with E-state index in [9.17, 15) is 4.79 Å². The Morgan fingerprint density at radius 2 is 2.16 bits per heavy atom. The Morgan fingerprint density at radius 1 is 1.40 bits per heavy atom. The number of carbonyl (C=O) groups is 1. The summed E-state index contributed by atoms with van der Waals surface area (Å²) in [4.78, 5) is 15.6. The van der Waals surface area contributed by atoms with Gasteiger partial charge in [0.15, 0.2) is 0 Å². The molecule has 0 aliphatic heterocycles. The monoisotopic (exact) mass is 439 g/mol. The van der Waals surface area contributed by atoms with Gasteiger partial charge in [-0.2, -0.15) is 5.10 Å². The summed E-state index contributed by atoms with van der Waals surface area (Å²) in [5, 5.41) is 10.3. The molecule has 1 amide bonds. The van der Waals surface area contributed by atoms with Crippen molar-refractivity contribution in [1.82, 2.24) is 10.2 Å². The highest BCUT2D eigenvalue weighted by molar-refractivity contribution is 9.11. The van der Waals surface area contributed by atoms with Crippen LogP contribution >= 0.6 is 38.6 Å². The number of rotatable bonds is 3. The van der Waals surface area contributed by atoms with E-state index >= 15 is 0 Å². The largest absolute Gasteiger partial charge is 0.443 e. The molecule has 0 spiro atoms. The van der Waals surface area contributed by atoms with Crippen LogP contribution in [0.2, 0.25) is 0 Å². The summed E-state index contributed by atoms with van der Waals surface area (Å²) in [5.41, 5.74) is 1.96. The molecule has 0 saturated heterocycles. The molecular weight excluding hydrogens is 422 g/mol. The van der Waals surface area contributed by atoms with E-state index in [0.717, 1.165) is 24.4 Å². The number of aryl methyl sites for hydroxylation is 1. The highest BCUT2D eigenvalue weighted by Gasteiger charge is 2.27. The standard InChI is InChI=1S/C17H18BrN3O2S2/c1-10-13-14(25-15(10)18)12(8-19-20-13)21(9-11-6-5-7-24-11)16(22)23-17(2,3)4/h5-8H,9H2,1-4H3. The lowest BCUT2D eigenvalue weighted by Crippen LogP contribution is -2.36. The molecule has 5 nitrogen and oxygen atoms in total. The molecule has 0 atom stereocenters. The predicted octanol–water partition coefficient (Wildman–Crippen LogP) is 5.77. The summed E-state index contributed by atoms with van der Waals surface area (Å²) in [7, 11) is 0. The van der Waals surface area contributed by atoms with Crippen molar-refractivity contribution in [3.63, 3.8) is 0 Å². The first-order valence-corrected chi connectivity index (χ1v) is 10.2. The number of hydrogen-bond acceptors (Lipinski definition) is 6. The smallest absolute Gasteiger partial charge is 0.415 e. The molecule has 8 heteroatoms. The lowest BCUT2D eigenvalue weighted by molar-refractivity contribution is 0.0578. The van der Waals surface area contributed by atoms with Crippen LogP contribution in [0.25, 0.3) is 10.2 Å². The molecule has 0 N–H and O–H groups in total. The van der Waals surface area contributed by atoms with Crippen molar-refractivity contribution in [2.75, 3.05) is 4.90 Å². The zero-order valence-corrected chi connectivity index (χ0v) is 17.6. The number of carbonyl (C=O) groups excluding carboxylic acids is 1. The van der Waals surface area contributed by atoms with Crippen LogP contribution in [0, 0.1) is 6.92 Å². The molecule has 0 radical (unpaired) electrons. The van der Waals surface area contributed by atoms with E-state index in [1.54, 1.807) is 33.8 Å². The number of fused-ring (bicyclic) bond motifs is 1. The molecule has 0 aliphatic carbocycles. The lowest BCUT2D eigenvalue weighted by Gasteiger charge is -2.27. The third-order valence-corrected chi connectivity index (χ3v) is 6.46. The van der Waals surface area contributed by atoms with Gasteiger partial charge in [-0.25, -0.2) is 4.79 Å². The number of anilines is 1. The van der Waals surface area contributed by atoms with Crippen molar-refractivity contribution < 1.29 is 9.53 Å². The number of nitrogens with zero attached hydrogens (tertiary/aromatic N) is 3. The average Bonchev–Trinajstić information content (AvgIpc) is 3.12. The van der Waals surface area contributed by atoms with E-state index in [0.29, 0.717) is 12.2 Å². The van der Waals surface area contributed by atoms with Crippen LogP contribution in [-0.2, 0) is 11.3 Å². The van der Waals surface area contributed by atoms with E-state index in [2.05, 4.69) is 26.1 Å². The first kappa shape index (κ1) is 18.3. The second-order valence-electron chi connectivity index (χ2n) is 6.55. The van der Waals surface area contributed by atoms with Gasteiger partial charge >= 0.3 is 6.09 Å². The molecule has 3 aromatic heterocycles. The van der Waals surface area contributed by atoms with Crippen LogP contribution in [0.1, 0.15) is 31.2 Å². The number of hydrogen-bond donors (Lipinski definition) is 0.